The molecular formula is C19H19NO3. The van der Waals surface area contributed by atoms with Crippen molar-refractivity contribution < 1.29 is 13.9 Å². The van der Waals surface area contributed by atoms with E-state index in [1.54, 1.807) is 31.2 Å². The van der Waals surface area contributed by atoms with Crippen LogP contribution in [0.1, 0.15) is 29.1 Å². The van der Waals surface area contributed by atoms with Crippen LogP contribution in [0.2, 0.25) is 0 Å². The molecule has 0 N–H and O–H groups in total. The van der Waals surface area contributed by atoms with Gasteiger partial charge in [0, 0.05) is 18.0 Å². The second-order valence-corrected chi connectivity index (χ2v) is 5.51. The maximum Gasteiger partial charge on any atom is 0.254 e. The van der Waals surface area contributed by atoms with Crippen molar-refractivity contribution in [2.45, 2.75) is 13.0 Å². The van der Waals surface area contributed by atoms with Gasteiger partial charge in [-0.1, -0.05) is 24.3 Å². The van der Waals surface area contributed by atoms with Crippen LogP contribution in [0.3, 0.4) is 0 Å². The Labute approximate surface area is 135 Å². The highest BCUT2D eigenvalue weighted by Gasteiger charge is 2.22. The molecule has 0 aliphatic carbocycles. The van der Waals surface area contributed by atoms with Crippen molar-refractivity contribution in [2.75, 3.05) is 14.2 Å². The van der Waals surface area contributed by atoms with Gasteiger partial charge in [-0.05, 0) is 37.3 Å². The van der Waals surface area contributed by atoms with Crippen molar-refractivity contribution in [2.24, 2.45) is 0 Å². The number of para-hydroxylation sites is 1. The Morgan fingerprint density at radius 3 is 2.65 bits per heavy atom. The molecule has 4 nitrogen and oxygen atoms in total. The molecular weight excluding hydrogens is 290 g/mol. The zero-order chi connectivity index (χ0) is 16.4. The average molecular weight is 309 g/mol. The summed E-state index contributed by atoms with van der Waals surface area (Å²) in [4.78, 5) is 14.3. The Kier molecular flexibility index (Phi) is 4.06. The molecule has 4 heteroatoms. The van der Waals surface area contributed by atoms with Gasteiger partial charge in [0.05, 0.1) is 13.2 Å². The molecule has 1 unspecified atom stereocenters. The lowest BCUT2D eigenvalue weighted by atomic mass is 10.1. The van der Waals surface area contributed by atoms with Gasteiger partial charge < -0.3 is 14.1 Å². The molecule has 0 saturated heterocycles. The number of rotatable bonds is 4. The van der Waals surface area contributed by atoms with Crippen LogP contribution in [-0.2, 0) is 0 Å². The van der Waals surface area contributed by atoms with E-state index in [2.05, 4.69) is 0 Å². The third-order valence-corrected chi connectivity index (χ3v) is 4.07. The average Bonchev–Trinajstić information content (AvgIpc) is 3.04. The summed E-state index contributed by atoms with van der Waals surface area (Å²) in [7, 11) is 3.37. The Morgan fingerprint density at radius 2 is 1.91 bits per heavy atom. The van der Waals surface area contributed by atoms with Gasteiger partial charge in [0.1, 0.15) is 17.1 Å². The fourth-order valence-electron chi connectivity index (χ4n) is 2.53. The number of benzene rings is 2. The van der Waals surface area contributed by atoms with E-state index in [4.69, 9.17) is 9.15 Å². The summed E-state index contributed by atoms with van der Waals surface area (Å²) < 4.78 is 11.0. The molecule has 2 aromatic carbocycles. The number of carbonyl (C=O) groups is 1. The zero-order valence-corrected chi connectivity index (χ0v) is 13.4. The molecule has 0 bridgehead atoms. The van der Waals surface area contributed by atoms with Crippen LogP contribution in [-0.4, -0.2) is 25.0 Å². The van der Waals surface area contributed by atoms with E-state index >= 15 is 0 Å². The maximum absolute atomic E-state index is 12.7. The number of carbonyl (C=O) groups excluding carboxylic acids is 1. The van der Waals surface area contributed by atoms with Crippen molar-refractivity contribution in [3.8, 4) is 5.75 Å². The molecule has 1 heterocycles. The molecule has 23 heavy (non-hydrogen) atoms. The van der Waals surface area contributed by atoms with E-state index < -0.39 is 0 Å². The highest BCUT2D eigenvalue weighted by atomic mass is 16.5. The summed E-state index contributed by atoms with van der Waals surface area (Å²) in [6, 6.07) is 16.8. The molecule has 0 aliphatic heterocycles. The lowest BCUT2D eigenvalue weighted by Crippen LogP contribution is -2.29. The minimum absolute atomic E-state index is 0.0724. The number of amides is 1. The number of nitrogens with zero attached hydrogens (tertiary/aromatic N) is 1. The van der Waals surface area contributed by atoms with E-state index in [0.29, 0.717) is 11.3 Å². The van der Waals surface area contributed by atoms with E-state index in [1.165, 1.54) is 0 Å². The molecule has 3 rings (SSSR count). The van der Waals surface area contributed by atoms with Crippen LogP contribution in [0.4, 0.5) is 0 Å². The summed E-state index contributed by atoms with van der Waals surface area (Å²) in [6.07, 6.45) is 0. The number of hydrogen-bond acceptors (Lipinski definition) is 3. The van der Waals surface area contributed by atoms with Crippen LogP contribution < -0.4 is 4.74 Å². The smallest absolute Gasteiger partial charge is 0.254 e. The monoisotopic (exact) mass is 309 g/mol. The second kappa shape index (κ2) is 6.16. The van der Waals surface area contributed by atoms with Gasteiger partial charge in [-0.3, -0.25) is 4.79 Å². The standard InChI is InChI=1S/C19H19NO3/c1-13(18-12-14-7-4-5-10-17(14)23-18)20(2)19(21)15-8-6-9-16(11-15)22-3/h4-13H,1-3H3. The first-order valence-corrected chi connectivity index (χ1v) is 7.50. The second-order valence-electron chi connectivity index (χ2n) is 5.51. The highest BCUT2D eigenvalue weighted by Crippen LogP contribution is 2.27. The van der Waals surface area contributed by atoms with Gasteiger partial charge >= 0.3 is 0 Å². The third kappa shape index (κ3) is 2.93. The van der Waals surface area contributed by atoms with Gasteiger partial charge in [0.15, 0.2) is 0 Å². The topological polar surface area (TPSA) is 42.7 Å². The minimum atomic E-state index is -0.166. The normalized spacial score (nSPS) is 12.1. The summed E-state index contributed by atoms with van der Waals surface area (Å²) >= 11 is 0. The molecule has 3 aromatic rings. The first-order valence-electron chi connectivity index (χ1n) is 7.50. The molecule has 0 fully saturated rings. The predicted octanol–water partition coefficient (Wildman–Crippen LogP) is 4.27. The third-order valence-electron chi connectivity index (χ3n) is 4.07. The fraction of sp³-hybridized carbons (Fsp3) is 0.211. The summed E-state index contributed by atoms with van der Waals surface area (Å²) in [5.41, 5.74) is 1.42. The maximum atomic E-state index is 12.7. The van der Waals surface area contributed by atoms with E-state index in [0.717, 1.165) is 16.7 Å². The molecule has 1 aromatic heterocycles. The molecule has 0 saturated carbocycles. The summed E-state index contributed by atoms with van der Waals surface area (Å²) in [6.45, 7) is 1.95. The van der Waals surface area contributed by atoms with Crippen molar-refractivity contribution in [1.82, 2.24) is 4.90 Å². The van der Waals surface area contributed by atoms with Crippen molar-refractivity contribution in [3.05, 3.63) is 65.9 Å². The predicted molar refractivity (Wildman–Crippen MR) is 89.7 cm³/mol. The van der Waals surface area contributed by atoms with Crippen LogP contribution in [0, 0.1) is 0 Å². The van der Waals surface area contributed by atoms with Crippen molar-refractivity contribution in [3.63, 3.8) is 0 Å². The number of fused-ring (bicyclic) bond motifs is 1. The SMILES string of the molecule is COc1cccc(C(=O)N(C)C(C)c2cc3ccccc3o2)c1. The van der Waals surface area contributed by atoms with Gasteiger partial charge in [-0.25, -0.2) is 0 Å². The zero-order valence-electron chi connectivity index (χ0n) is 13.4. The van der Waals surface area contributed by atoms with Crippen LogP contribution in [0.5, 0.6) is 5.75 Å². The quantitative estimate of drug-likeness (QED) is 0.722. The Hall–Kier alpha value is -2.75. The van der Waals surface area contributed by atoms with Crippen LogP contribution >= 0.6 is 0 Å². The molecule has 0 radical (unpaired) electrons. The molecule has 1 amide bonds. The Bertz CT molecular complexity index is 804. The summed E-state index contributed by atoms with van der Waals surface area (Å²) in [5, 5.41) is 1.04. The minimum Gasteiger partial charge on any atom is -0.497 e. The number of hydrogen-bond donors (Lipinski definition) is 0. The first kappa shape index (κ1) is 15.2. The van der Waals surface area contributed by atoms with Crippen LogP contribution in [0.25, 0.3) is 11.0 Å². The molecule has 1 atom stereocenters. The van der Waals surface area contributed by atoms with Crippen molar-refractivity contribution in [1.29, 1.82) is 0 Å². The van der Waals surface area contributed by atoms with E-state index in [9.17, 15) is 4.79 Å². The van der Waals surface area contributed by atoms with Gasteiger partial charge in [0.2, 0.25) is 0 Å². The highest BCUT2D eigenvalue weighted by molar-refractivity contribution is 5.94. The lowest BCUT2D eigenvalue weighted by molar-refractivity contribution is 0.0727. The number of furan rings is 1. The largest absolute Gasteiger partial charge is 0.497 e. The van der Waals surface area contributed by atoms with E-state index in [-0.39, 0.29) is 11.9 Å². The Balaban J connectivity index is 1.85. The molecule has 118 valence electrons. The first-order chi connectivity index (χ1) is 11.1. The Morgan fingerprint density at radius 1 is 1.13 bits per heavy atom. The van der Waals surface area contributed by atoms with Gasteiger partial charge in [-0.15, -0.1) is 0 Å². The van der Waals surface area contributed by atoms with Crippen LogP contribution in [0.15, 0.2) is 59.0 Å². The summed E-state index contributed by atoms with van der Waals surface area (Å²) in [5.74, 6) is 1.36. The van der Waals surface area contributed by atoms with E-state index in [1.807, 2.05) is 49.4 Å². The number of ether oxygens (including phenoxy) is 1. The lowest BCUT2D eigenvalue weighted by Gasteiger charge is -2.23. The van der Waals surface area contributed by atoms with Gasteiger partial charge in [0.25, 0.3) is 5.91 Å². The molecule has 0 spiro atoms. The van der Waals surface area contributed by atoms with Gasteiger partial charge in [-0.2, -0.15) is 0 Å². The number of methoxy groups -OCH3 is 1. The van der Waals surface area contributed by atoms with Crippen molar-refractivity contribution >= 4 is 16.9 Å². The molecule has 0 aliphatic rings. The fourth-order valence-corrected chi connectivity index (χ4v) is 2.53.